The maximum atomic E-state index is 5.96. The lowest BCUT2D eigenvalue weighted by Crippen LogP contribution is -2.31. The number of aromatic nitrogens is 2. The molecule has 1 aromatic rings. The standard InChI is InChI=1S/C10H20N4O/c1-8(2)9(11)4-5-14(3)6-10-12-7-15-13-10/h7-9H,4-6,11H2,1-3H3. The first-order valence-electron chi connectivity index (χ1n) is 5.29. The Hall–Kier alpha value is -0.940. The highest BCUT2D eigenvalue weighted by Crippen LogP contribution is 2.04. The summed E-state index contributed by atoms with van der Waals surface area (Å²) in [5.74, 6) is 1.25. The summed E-state index contributed by atoms with van der Waals surface area (Å²) in [6.45, 7) is 5.95. The molecule has 0 saturated carbocycles. The molecule has 0 aliphatic carbocycles. The Balaban J connectivity index is 2.22. The van der Waals surface area contributed by atoms with Crippen LogP contribution >= 0.6 is 0 Å². The van der Waals surface area contributed by atoms with Gasteiger partial charge in [-0.1, -0.05) is 19.0 Å². The van der Waals surface area contributed by atoms with Gasteiger partial charge in [0, 0.05) is 6.04 Å². The highest BCUT2D eigenvalue weighted by molar-refractivity contribution is 4.77. The van der Waals surface area contributed by atoms with Gasteiger partial charge < -0.3 is 10.3 Å². The zero-order valence-electron chi connectivity index (χ0n) is 9.68. The van der Waals surface area contributed by atoms with Crippen LogP contribution < -0.4 is 5.73 Å². The van der Waals surface area contributed by atoms with Crippen LogP contribution in [0.2, 0.25) is 0 Å². The lowest BCUT2D eigenvalue weighted by molar-refractivity contribution is 0.284. The van der Waals surface area contributed by atoms with Crippen molar-refractivity contribution in [2.24, 2.45) is 11.7 Å². The number of hydrogen-bond donors (Lipinski definition) is 1. The Labute approximate surface area is 90.6 Å². The van der Waals surface area contributed by atoms with Crippen LogP contribution in [-0.2, 0) is 6.54 Å². The quantitative estimate of drug-likeness (QED) is 0.758. The Morgan fingerprint density at radius 2 is 2.27 bits per heavy atom. The van der Waals surface area contributed by atoms with Gasteiger partial charge in [0.2, 0.25) is 6.39 Å². The molecule has 0 aliphatic rings. The normalized spacial score (nSPS) is 13.7. The Morgan fingerprint density at radius 3 is 2.80 bits per heavy atom. The Morgan fingerprint density at radius 1 is 1.53 bits per heavy atom. The van der Waals surface area contributed by atoms with Gasteiger partial charge in [0.1, 0.15) is 0 Å². The minimum absolute atomic E-state index is 0.262. The molecule has 0 saturated heterocycles. The largest absolute Gasteiger partial charge is 0.343 e. The van der Waals surface area contributed by atoms with Crippen LogP contribution in [0.3, 0.4) is 0 Å². The van der Waals surface area contributed by atoms with Gasteiger partial charge in [0.05, 0.1) is 6.54 Å². The minimum Gasteiger partial charge on any atom is -0.343 e. The Kier molecular flexibility index (Phi) is 4.71. The molecule has 1 atom stereocenters. The minimum atomic E-state index is 0.262. The van der Waals surface area contributed by atoms with Gasteiger partial charge in [0.15, 0.2) is 5.82 Å². The summed E-state index contributed by atoms with van der Waals surface area (Å²) in [7, 11) is 2.03. The number of rotatable bonds is 6. The van der Waals surface area contributed by atoms with Crippen LogP contribution in [0.25, 0.3) is 0 Å². The van der Waals surface area contributed by atoms with Crippen LogP contribution in [0.5, 0.6) is 0 Å². The molecule has 0 radical (unpaired) electrons. The summed E-state index contributed by atoms with van der Waals surface area (Å²) in [4.78, 5) is 6.11. The molecule has 1 rings (SSSR count). The van der Waals surface area contributed by atoms with E-state index in [1.165, 1.54) is 6.39 Å². The second-order valence-electron chi connectivity index (χ2n) is 4.28. The van der Waals surface area contributed by atoms with Crippen molar-refractivity contribution in [3.8, 4) is 0 Å². The predicted octanol–water partition coefficient (Wildman–Crippen LogP) is 0.875. The van der Waals surface area contributed by atoms with E-state index in [2.05, 4.69) is 33.4 Å². The van der Waals surface area contributed by atoms with Crippen molar-refractivity contribution in [1.29, 1.82) is 0 Å². The van der Waals surface area contributed by atoms with E-state index in [-0.39, 0.29) is 6.04 Å². The van der Waals surface area contributed by atoms with E-state index in [0.29, 0.717) is 12.5 Å². The van der Waals surface area contributed by atoms with Crippen molar-refractivity contribution >= 4 is 0 Å². The average Bonchev–Trinajstić information content (AvgIpc) is 2.66. The van der Waals surface area contributed by atoms with E-state index in [1.54, 1.807) is 0 Å². The smallest absolute Gasteiger partial charge is 0.213 e. The molecule has 5 nitrogen and oxygen atoms in total. The van der Waals surface area contributed by atoms with E-state index in [4.69, 9.17) is 5.73 Å². The summed E-state index contributed by atoms with van der Waals surface area (Å²) < 4.78 is 4.67. The molecule has 86 valence electrons. The van der Waals surface area contributed by atoms with Crippen molar-refractivity contribution in [3.05, 3.63) is 12.2 Å². The molecule has 2 N–H and O–H groups in total. The summed E-state index contributed by atoms with van der Waals surface area (Å²) in [6.07, 6.45) is 2.34. The van der Waals surface area contributed by atoms with Gasteiger partial charge in [-0.15, -0.1) is 0 Å². The second kappa shape index (κ2) is 5.82. The second-order valence-corrected chi connectivity index (χ2v) is 4.28. The lowest BCUT2D eigenvalue weighted by Gasteiger charge is -2.20. The predicted molar refractivity (Wildman–Crippen MR) is 58.1 cm³/mol. The first kappa shape index (κ1) is 12.1. The van der Waals surface area contributed by atoms with Gasteiger partial charge in [0.25, 0.3) is 0 Å². The van der Waals surface area contributed by atoms with Crippen LogP contribution in [-0.4, -0.2) is 34.7 Å². The van der Waals surface area contributed by atoms with Crippen LogP contribution in [0, 0.1) is 5.92 Å². The molecule has 1 aromatic heterocycles. The fraction of sp³-hybridized carbons (Fsp3) is 0.800. The molecule has 1 unspecified atom stereocenters. The van der Waals surface area contributed by atoms with Crippen molar-refractivity contribution < 1.29 is 4.52 Å². The maximum Gasteiger partial charge on any atom is 0.213 e. The molecule has 5 heteroatoms. The molecular weight excluding hydrogens is 192 g/mol. The fourth-order valence-electron chi connectivity index (χ4n) is 1.29. The van der Waals surface area contributed by atoms with Gasteiger partial charge in [-0.3, -0.25) is 4.90 Å². The zero-order chi connectivity index (χ0) is 11.3. The van der Waals surface area contributed by atoms with Crippen LogP contribution in [0.1, 0.15) is 26.1 Å². The number of nitrogens with zero attached hydrogens (tertiary/aromatic N) is 3. The number of nitrogens with two attached hydrogens (primary N) is 1. The van der Waals surface area contributed by atoms with E-state index < -0.39 is 0 Å². The summed E-state index contributed by atoms with van der Waals surface area (Å²) >= 11 is 0. The van der Waals surface area contributed by atoms with E-state index in [9.17, 15) is 0 Å². The Bertz CT molecular complexity index is 260. The monoisotopic (exact) mass is 212 g/mol. The maximum absolute atomic E-state index is 5.96. The average molecular weight is 212 g/mol. The van der Waals surface area contributed by atoms with Crippen LogP contribution in [0.15, 0.2) is 10.9 Å². The zero-order valence-corrected chi connectivity index (χ0v) is 9.68. The topological polar surface area (TPSA) is 68.2 Å². The lowest BCUT2D eigenvalue weighted by atomic mass is 10.0. The molecule has 0 aromatic carbocycles. The molecule has 0 bridgehead atoms. The van der Waals surface area contributed by atoms with Gasteiger partial charge in [-0.2, -0.15) is 4.98 Å². The van der Waals surface area contributed by atoms with E-state index in [1.807, 2.05) is 7.05 Å². The van der Waals surface area contributed by atoms with E-state index in [0.717, 1.165) is 18.8 Å². The first-order valence-corrected chi connectivity index (χ1v) is 5.29. The summed E-state index contributed by atoms with van der Waals surface area (Å²) in [6, 6.07) is 0.262. The third-order valence-electron chi connectivity index (χ3n) is 2.52. The van der Waals surface area contributed by atoms with Crippen molar-refractivity contribution in [3.63, 3.8) is 0 Å². The fourth-order valence-corrected chi connectivity index (χ4v) is 1.29. The highest BCUT2D eigenvalue weighted by Gasteiger charge is 2.10. The van der Waals surface area contributed by atoms with Gasteiger partial charge in [-0.25, -0.2) is 0 Å². The van der Waals surface area contributed by atoms with Crippen LogP contribution in [0.4, 0.5) is 0 Å². The molecular formula is C10H20N4O. The molecule has 0 amide bonds. The van der Waals surface area contributed by atoms with Crippen molar-refractivity contribution in [2.45, 2.75) is 32.9 Å². The van der Waals surface area contributed by atoms with E-state index >= 15 is 0 Å². The highest BCUT2D eigenvalue weighted by atomic mass is 16.5. The summed E-state index contributed by atoms with van der Waals surface area (Å²) in [5, 5.41) is 3.76. The third kappa shape index (κ3) is 4.40. The first-order chi connectivity index (χ1) is 7.09. The SMILES string of the molecule is CC(C)C(N)CCN(C)Cc1ncon1. The molecule has 0 fully saturated rings. The van der Waals surface area contributed by atoms with Gasteiger partial charge in [-0.05, 0) is 25.9 Å². The molecule has 15 heavy (non-hydrogen) atoms. The summed E-state index contributed by atoms with van der Waals surface area (Å²) in [5.41, 5.74) is 5.96. The van der Waals surface area contributed by atoms with Crippen molar-refractivity contribution in [2.75, 3.05) is 13.6 Å². The third-order valence-corrected chi connectivity index (χ3v) is 2.52. The molecule has 1 heterocycles. The van der Waals surface area contributed by atoms with Gasteiger partial charge >= 0.3 is 0 Å². The number of hydrogen-bond acceptors (Lipinski definition) is 5. The van der Waals surface area contributed by atoms with Crippen molar-refractivity contribution in [1.82, 2.24) is 15.0 Å². The molecule has 0 aliphatic heterocycles. The molecule has 0 spiro atoms.